The Hall–Kier alpha value is -5.05. The van der Waals surface area contributed by atoms with Gasteiger partial charge in [0.2, 0.25) is 5.91 Å². The highest BCUT2D eigenvalue weighted by Crippen LogP contribution is 2.36. The van der Waals surface area contributed by atoms with E-state index in [1.54, 1.807) is 47.6 Å². The fourth-order valence-electron chi connectivity index (χ4n) is 6.44. The first-order chi connectivity index (χ1) is 23.5. The largest absolute Gasteiger partial charge is 0.435 e. The van der Waals surface area contributed by atoms with Crippen molar-refractivity contribution in [1.29, 1.82) is 0 Å². The fraction of sp³-hybridized carbons (Fsp3) is 0.412. The first-order valence-electron chi connectivity index (χ1n) is 16.3. The zero-order valence-electron chi connectivity index (χ0n) is 27.3. The van der Waals surface area contributed by atoms with Crippen molar-refractivity contribution in [3.05, 3.63) is 83.3 Å². The van der Waals surface area contributed by atoms with Gasteiger partial charge in [0.25, 0.3) is 11.8 Å². The summed E-state index contributed by atoms with van der Waals surface area (Å²) >= 11 is 0. The predicted octanol–water partition coefficient (Wildman–Crippen LogP) is 3.84. The number of hydrogen-bond acceptors (Lipinski definition) is 7. The smallest absolute Gasteiger partial charge is 0.339 e. The zero-order valence-corrected chi connectivity index (χ0v) is 27.3. The number of aryl methyl sites for hydroxylation is 1. The summed E-state index contributed by atoms with van der Waals surface area (Å²) in [5.74, 6) is -0.657. The average molecular weight is 678 g/mol. The number of piperidine rings is 1. The van der Waals surface area contributed by atoms with Crippen LogP contribution in [0.2, 0.25) is 0 Å². The third kappa shape index (κ3) is 7.36. The second-order valence-electron chi connectivity index (χ2n) is 12.3. The van der Waals surface area contributed by atoms with Gasteiger partial charge in [0.05, 0.1) is 24.0 Å². The molecule has 0 bridgehead atoms. The number of carbonyl (C=O) groups excluding carboxylic acids is 3. The summed E-state index contributed by atoms with van der Waals surface area (Å²) in [4.78, 5) is 51.5. The van der Waals surface area contributed by atoms with Crippen molar-refractivity contribution in [2.45, 2.75) is 38.9 Å². The van der Waals surface area contributed by atoms with Gasteiger partial charge in [-0.15, -0.1) is 0 Å². The molecule has 12 nitrogen and oxygen atoms in total. The molecular formula is C34H38F3N9O3. The number of alkyl halides is 3. The van der Waals surface area contributed by atoms with E-state index in [9.17, 15) is 27.6 Å². The predicted molar refractivity (Wildman–Crippen MR) is 175 cm³/mol. The van der Waals surface area contributed by atoms with Gasteiger partial charge in [-0.2, -0.15) is 18.3 Å². The molecule has 0 atom stereocenters. The summed E-state index contributed by atoms with van der Waals surface area (Å²) in [6.45, 7) is 5.54. The van der Waals surface area contributed by atoms with Crippen LogP contribution in [0.15, 0.2) is 55.1 Å². The number of anilines is 1. The standard InChI is InChI=1S/C34H38F3N9O3/c1-3-23-17-25(6-7-26(23)33(49)45-15-13-44(14-16-45)32(48)24-8-11-38-12-9-24)41-31(47)30-40-19-28(43(30)2)27-21-46(42-29(27)34(35,36)37)20-22-5-4-10-39-18-22/h4-7,10,17-19,21,24,38H,3,8-9,11-16,20H2,1-2H3,(H,41,47). The monoisotopic (exact) mass is 677 g/mol. The quantitative estimate of drug-likeness (QED) is 0.290. The summed E-state index contributed by atoms with van der Waals surface area (Å²) in [5.41, 5.74) is 1.11. The molecule has 3 aromatic heterocycles. The number of benzene rings is 1. The van der Waals surface area contributed by atoms with Gasteiger partial charge in [-0.25, -0.2) is 4.98 Å². The lowest BCUT2D eigenvalue weighted by Gasteiger charge is -2.37. The molecule has 258 valence electrons. The molecule has 5 heterocycles. The van der Waals surface area contributed by atoms with E-state index >= 15 is 0 Å². The Bertz CT molecular complexity index is 1820. The van der Waals surface area contributed by atoms with Gasteiger partial charge in [0.15, 0.2) is 11.5 Å². The molecule has 4 aromatic rings. The van der Waals surface area contributed by atoms with Crippen molar-refractivity contribution in [1.82, 2.24) is 39.4 Å². The third-order valence-corrected chi connectivity index (χ3v) is 9.11. The van der Waals surface area contributed by atoms with Gasteiger partial charge in [-0.3, -0.25) is 24.0 Å². The van der Waals surface area contributed by atoms with Gasteiger partial charge in [0, 0.05) is 69.0 Å². The van der Waals surface area contributed by atoms with Crippen LogP contribution in [-0.4, -0.2) is 91.1 Å². The molecule has 6 rings (SSSR count). The van der Waals surface area contributed by atoms with E-state index in [0.717, 1.165) is 31.5 Å². The van der Waals surface area contributed by atoms with Gasteiger partial charge in [-0.05, 0) is 67.7 Å². The van der Waals surface area contributed by atoms with Crippen LogP contribution >= 0.6 is 0 Å². The second-order valence-corrected chi connectivity index (χ2v) is 12.3. The second kappa shape index (κ2) is 14.2. The van der Waals surface area contributed by atoms with E-state index in [0.29, 0.717) is 49.4 Å². The lowest BCUT2D eigenvalue weighted by atomic mass is 9.96. The number of hydrogen-bond donors (Lipinski definition) is 2. The van der Waals surface area contributed by atoms with Crippen molar-refractivity contribution in [2.24, 2.45) is 13.0 Å². The minimum absolute atomic E-state index is 0.0366. The van der Waals surface area contributed by atoms with E-state index in [-0.39, 0.29) is 41.4 Å². The molecule has 0 saturated carbocycles. The van der Waals surface area contributed by atoms with Crippen molar-refractivity contribution in [3.63, 3.8) is 0 Å². The lowest BCUT2D eigenvalue weighted by Crippen LogP contribution is -2.52. The maximum atomic E-state index is 14.0. The summed E-state index contributed by atoms with van der Waals surface area (Å²) in [6, 6.07) is 8.43. The summed E-state index contributed by atoms with van der Waals surface area (Å²) in [7, 11) is 1.47. The van der Waals surface area contributed by atoms with Crippen molar-refractivity contribution < 1.29 is 27.6 Å². The van der Waals surface area contributed by atoms with Gasteiger partial charge in [0.1, 0.15) is 0 Å². The highest BCUT2D eigenvalue weighted by Gasteiger charge is 2.39. The van der Waals surface area contributed by atoms with E-state index in [1.807, 2.05) is 11.8 Å². The van der Waals surface area contributed by atoms with Gasteiger partial charge < -0.3 is 25.0 Å². The van der Waals surface area contributed by atoms with Crippen LogP contribution < -0.4 is 10.6 Å². The molecule has 2 aliphatic rings. The zero-order chi connectivity index (χ0) is 34.7. The van der Waals surface area contributed by atoms with Gasteiger partial charge in [-0.1, -0.05) is 13.0 Å². The van der Waals surface area contributed by atoms with Crippen LogP contribution in [0.1, 0.15) is 57.6 Å². The van der Waals surface area contributed by atoms with Crippen LogP contribution in [0, 0.1) is 5.92 Å². The summed E-state index contributed by atoms with van der Waals surface area (Å²) < 4.78 is 44.6. The van der Waals surface area contributed by atoms with E-state index in [1.165, 1.54) is 28.7 Å². The number of imidazole rings is 1. The Morgan fingerprint density at radius 1 is 1.02 bits per heavy atom. The Morgan fingerprint density at radius 3 is 2.43 bits per heavy atom. The SMILES string of the molecule is CCc1cc(NC(=O)c2ncc(-c3cn(Cc4cccnc4)nc3C(F)(F)F)n2C)ccc1C(=O)N1CCN(C(=O)C2CCNCC2)CC1. The van der Waals surface area contributed by atoms with E-state index in [4.69, 9.17) is 0 Å². The molecular weight excluding hydrogens is 639 g/mol. The normalized spacial score (nSPS) is 15.8. The molecule has 0 spiro atoms. The number of halogens is 3. The minimum Gasteiger partial charge on any atom is -0.339 e. The molecule has 2 fully saturated rings. The lowest BCUT2D eigenvalue weighted by molar-refractivity contribution is -0.141. The van der Waals surface area contributed by atoms with Crippen LogP contribution in [0.25, 0.3) is 11.3 Å². The Balaban J connectivity index is 1.14. The molecule has 2 saturated heterocycles. The van der Waals surface area contributed by atoms with Crippen LogP contribution in [-0.2, 0) is 31.0 Å². The molecule has 15 heteroatoms. The van der Waals surface area contributed by atoms with Crippen molar-refractivity contribution in [2.75, 3.05) is 44.6 Å². The third-order valence-electron chi connectivity index (χ3n) is 9.11. The van der Waals surface area contributed by atoms with Crippen LogP contribution in [0.4, 0.5) is 18.9 Å². The Labute approximate surface area is 281 Å². The average Bonchev–Trinajstić information content (AvgIpc) is 3.71. The summed E-state index contributed by atoms with van der Waals surface area (Å²) in [6.07, 6.45) is 3.07. The van der Waals surface area contributed by atoms with Gasteiger partial charge >= 0.3 is 6.18 Å². The number of nitrogens with one attached hydrogen (secondary N) is 2. The first kappa shape index (κ1) is 33.8. The van der Waals surface area contributed by atoms with E-state index in [2.05, 4.69) is 25.7 Å². The van der Waals surface area contributed by atoms with Crippen molar-refractivity contribution >= 4 is 23.4 Å². The van der Waals surface area contributed by atoms with E-state index < -0.39 is 17.8 Å². The first-order valence-corrected chi connectivity index (χ1v) is 16.3. The molecule has 3 amide bonds. The number of carbonyl (C=O) groups is 3. The number of aromatic nitrogens is 5. The topological polar surface area (TPSA) is 130 Å². The maximum absolute atomic E-state index is 14.0. The fourth-order valence-corrected chi connectivity index (χ4v) is 6.44. The Kier molecular flexibility index (Phi) is 9.81. The molecule has 1 aromatic carbocycles. The van der Waals surface area contributed by atoms with Crippen LogP contribution in [0.5, 0.6) is 0 Å². The number of nitrogens with zero attached hydrogens (tertiary/aromatic N) is 7. The molecule has 0 radical (unpaired) electrons. The molecule has 49 heavy (non-hydrogen) atoms. The highest BCUT2D eigenvalue weighted by molar-refractivity contribution is 6.03. The maximum Gasteiger partial charge on any atom is 0.435 e. The molecule has 0 unspecified atom stereocenters. The number of piperazine rings is 1. The summed E-state index contributed by atoms with van der Waals surface area (Å²) in [5, 5.41) is 9.84. The minimum atomic E-state index is -4.74. The molecule has 2 N–H and O–H groups in total. The molecule has 2 aliphatic heterocycles. The number of rotatable bonds is 8. The highest BCUT2D eigenvalue weighted by atomic mass is 19.4. The van der Waals surface area contributed by atoms with Crippen LogP contribution in [0.3, 0.4) is 0 Å². The number of pyridine rings is 1. The Morgan fingerprint density at radius 2 is 1.76 bits per heavy atom. The number of amides is 3. The van der Waals surface area contributed by atoms with Crippen molar-refractivity contribution in [3.8, 4) is 11.3 Å². The molecule has 0 aliphatic carbocycles.